The second-order valence-corrected chi connectivity index (χ2v) is 6.32. The van der Waals surface area contributed by atoms with Crippen molar-refractivity contribution in [3.8, 4) is 0 Å². The number of carbonyl (C=O) groups excluding carboxylic acids is 1. The Bertz CT molecular complexity index is 926. The Balaban J connectivity index is 3.61. The van der Waals surface area contributed by atoms with E-state index in [1.165, 1.54) is 4.74 Å². The molecule has 0 radical (unpaired) electrons. The lowest BCUT2D eigenvalue weighted by atomic mass is 10.2. The summed E-state index contributed by atoms with van der Waals surface area (Å²) >= 11 is 0. The summed E-state index contributed by atoms with van der Waals surface area (Å²) in [6.45, 7) is 0. The molecule has 208 valence electrons. The van der Waals surface area contributed by atoms with Gasteiger partial charge >= 0.3 is 48.4 Å². The molecule has 0 aliphatic rings. The van der Waals surface area contributed by atoms with Gasteiger partial charge in [-0.1, -0.05) is 18.2 Å². The predicted octanol–water partition coefficient (Wildman–Crippen LogP) is 6.50. The number of halogens is 17. The van der Waals surface area contributed by atoms with Gasteiger partial charge in [0.15, 0.2) is 0 Å². The highest BCUT2D eigenvalue weighted by Crippen LogP contribution is 2.56. The van der Waals surface area contributed by atoms with Crippen molar-refractivity contribution in [3.63, 3.8) is 0 Å². The topological polar surface area (TPSA) is 47.6 Å². The second-order valence-electron chi connectivity index (χ2n) is 6.32. The molecule has 0 aliphatic heterocycles. The van der Waals surface area contributed by atoms with Gasteiger partial charge in [0, 0.05) is 5.69 Å². The smallest absolute Gasteiger partial charge is 0.321 e. The Kier molecular flexibility index (Phi) is 7.92. The van der Waals surface area contributed by atoms with Crippen molar-refractivity contribution in [2.75, 3.05) is 5.32 Å². The molecule has 0 fully saturated rings. The van der Waals surface area contributed by atoms with Gasteiger partial charge in [0.05, 0.1) is 0 Å². The maximum atomic E-state index is 14.3. The lowest BCUT2D eigenvalue weighted by molar-refractivity contribution is -0.548. The zero-order valence-corrected chi connectivity index (χ0v) is 16.0. The van der Waals surface area contributed by atoms with E-state index < -0.39 is 60.0 Å². The predicted molar refractivity (Wildman–Crippen MR) is 77.9 cm³/mol. The third-order valence-corrected chi connectivity index (χ3v) is 3.69. The second kappa shape index (κ2) is 9.06. The van der Waals surface area contributed by atoms with Crippen molar-refractivity contribution in [3.05, 3.63) is 30.3 Å². The number of hydrogen-bond donors (Lipinski definition) is 1. The standard InChI is InChI=1S/C15H6F17NO3/c16-8(11(20,21)22,7(34)33-6-4-2-1-3-5-6)35-15(31,32)10(19,13(26,27)28)36-14(29,30)9(17,18)12(23,24)25/h1-5H,(H,33,34)/t8-,10+/m0/s1. The minimum absolute atomic E-state index is 0.630. The van der Waals surface area contributed by atoms with E-state index in [1.54, 1.807) is 0 Å². The van der Waals surface area contributed by atoms with E-state index in [0.29, 0.717) is 12.1 Å². The highest BCUT2D eigenvalue weighted by atomic mass is 19.4. The van der Waals surface area contributed by atoms with Crippen molar-refractivity contribution in [1.29, 1.82) is 0 Å². The van der Waals surface area contributed by atoms with Crippen LogP contribution in [0, 0.1) is 0 Å². The number of anilines is 1. The van der Waals surface area contributed by atoms with Crippen LogP contribution in [0.25, 0.3) is 0 Å². The lowest BCUT2D eigenvalue weighted by Gasteiger charge is -2.40. The molecule has 36 heavy (non-hydrogen) atoms. The van der Waals surface area contributed by atoms with Gasteiger partial charge in [0.25, 0.3) is 5.91 Å². The van der Waals surface area contributed by atoms with Gasteiger partial charge in [-0.3, -0.25) is 14.3 Å². The number of rotatable bonds is 8. The average molecular weight is 571 g/mol. The molecule has 1 aromatic carbocycles. The number of para-hydroxylation sites is 1. The first-order valence-electron chi connectivity index (χ1n) is 8.14. The highest BCUT2D eigenvalue weighted by Gasteiger charge is 2.85. The fourth-order valence-electron chi connectivity index (χ4n) is 1.90. The Hall–Kier alpha value is -2.58. The van der Waals surface area contributed by atoms with E-state index in [1.807, 2.05) is 4.74 Å². The van der Waals surface area contributed by atoms with Gasteiger partial charge in [-0.15, -0.1) is 0 Å². The van der Waals surface area contributed by atoms with Crippen LogP contribution in [0.5, 0.6) is 0 Å². The minimum Gasteiger partial charge on any atom is -0.321 e. The molecule has 0 saturated carbocycles. The monoisotopic (exact) mass is 571 g/mol. The largest absolute Gasteiger partial charge is 0.462 e. The quantitative estimate of drug-likeness (QED) is 0.363. The van der Waals surface area contributed by atoms with Crippen molar-refractivity contribution < 1.29 is 88.9 Å². The number of ether oxygens (including phenoxy) is 2. The molecule has 1 aromatic rings. The number of carbonyl (C=O) groups is 1. The minimum atomic E-state index is -8.05. The third kappa shape index (κ3) is 5.54. The average Bonchev–Trinajstić information content (AvgIpc) is 2.65. The van der Waals surface area contributed by atoms with Crippen LogP contribution < -0.4 is 5.32 Å². The molecule has 0 aromatic heterocycles. The van der Waals surface area contributed by atoms with Gasteiger partial charge in [-0.05, 0) is 12.1 Å². The van der Waals surface area contributed by atoms with Crippen LogP contribution in [0.3, 0.4) is 0 Å². The van der Waals surface area contributed by atoms with Crippen LogP contribution in [-0.2, 0) is 14.3 Å². The van der Waals surface area contributed by atoms with Crippen LogP contribution >= 0.6 is 0 Å². The third-order valence-electron chi connectivity index (χ3n) is 3.69. The summed E-state index contributed by atoms with van der Waals surface area (Å²) in [5.74, 6) is -26.2. The number of benzene rings is 1. The number of hydrogen-bond acceptors (Lipinski definition) is 3. The molecule has 4 nitrogen and oxygen atoms in total. The molecule has 0 saturated heterocycles. The first-order valence-corrected chi connectivity index (χ1v) is 8.14. The van der Waals surface area contributed by atoms with Crippen LogP contribution in [0.2, 0.25) is 0 Å². The van der Waals surface area contributed by atoms with Crippen LogP contribution in [-0.4, -0.2) is 54.3 Å². The maximum Gasteiger partial charge on any atom is 0.462 e. The molecule has 21 heteroatoms. The van der Waals surface area contributed by atoms with Gasteiger partial charge in [0.1, 0.15) is 0 Å². The zero-order valence-electron chi connectivity index (χ0n) is 16.0. The fraction of sp³-hybridized carbons (Fsp3) is 0.533. The zero-order chi connectivity index (χ0) is 28.8. The normalized spacial score (nSPS) is 17.8. The number of alkyl halides is 17. The molecule has 0 spiro atoms. The maximum absolute atomic E-state index is 14.3. The highest BCUT2D eigenvalue weighted by molar-refractivity contribution is 5.96. The van der Waals surface area contributed by atoms with E-state index in [0.717, 1.165) is 23.5 Å². The Morgan fingerprint density at radius 3 is 1.39 bits per heavy atom. The molecule has 1 amide bonds. The van der Waals surface area contributed by atoms with E-state index >= 15 is 0 Å². The summed E-state index contributed by atoms with van der Waals surface area (Å²) in [6.07, 6.45) is -38.5. The molecule has 1 rings (SSSR count). The Morgan fingerprint density at radius 1 is 0.583 bits per heavy atom. The molecule has 0 aliphatic carbocycles. The molecule has 0 unspecified atom stereocenters. The summed E-state index contributed by atoms with van der Waals surface area (Å²) in [5, 5.41) is 0.841. The number of nitrogens with one attached hydrogen (secondary N) is 1. The van der Waals surface area contributed by atoms with Gasteiger partial charge in [-0.25, -0.2) is 0 Å². The molecule has 0 bridgehead atoms. The van der Waals surface area contributed by atoms with E-state index in [2.05, 4.69) is 0 Å². The lowest BCUT2D eigenvalue weighted by Crippen LogP contribution is -2.68. The van der Waals surface area contributed by atoms with Gasteiger partial charge < -0.3 is 5.32 Å². The molecule has 1 N–H and O–H groups in total. The summed E-state index contributed by atoms with van der Waals surface area (Å²) in [6, 6.07) is 4.19. The van der Waals surface area contributed by atoms with Crippen molar-refractivity contribution in [2.45, 2.75) is 48.4 Å². The Morgan fingerprint density at radius 2 is 1.03 bits per heavy atom. The van der Waals surface area contributed by atoms with E-state index in [4.69, 9.17) is 0 Å². The van der Waals surface area contributed by atoms with Crippen molar-refractivity contribution >= 4 is 11.6 Å². The van der Waals surface area contributed by atoms with Crippen LogP contribution in [0.4, 0.5) is 80.3 Å². The van der Waals surface area contributed by atoms with E-state index in [-0.39, 0.29) is 0 Å². The summed E-state index contributed by atoms with van der Waals surface area (Å²) < 4.78 is 225. The van der Waals surface area contributed by atoms with Crippen molar-refractivity contribution in [2.24, 2.45) is 0 Å². The van der Waals surface area contributed by atoms with E-state index in [9.17, 15) is 79.4 Å². The van der Waals surface area contributed by atoms with Gasteiger partial charge in [0.2, 0.25) is 0 Å². The van der Waals surface area contributed by atoms with Crippen LogP contribution in [0.15, 0.2) is 30.3 Å². The molecule has 2 atom stereocenters. The van der Waals surface area contributed by atoms with Crippen LogP contribution in [0.1, 0.15) is 0 Å². The first kappa shape index (κ1) is 31.4. The first-order chi connectivity index (χ1) is 15.7. The molecule has 0 heterocycles. The molecular weight excluding hydrogens is 565 g/mol. The van der Waals surface area contributed by atoms with Crippen molar-refractivity contribution in [1.82, 2.24) is 0 Å². The summed E-state index contributed by atoms with van der Waals surface area (Å²) in [4.78, 5) is 11.6. The summed E-state index contributed by atoms with van der Waals surface area (Å²) in [7, 11) is 0. The fourth-order valence-corrected chi connectivity index (χ4v) is 1.90. The Labute approximate surface area is 185 Å². The number of amides is 1. The SMILES string of the molecule is O=C(Nc1ccccc1)[C@](F)(OC(F)(F)[C@](F)(OC(F)(F)C(F)(F)C(F)(F)F)C(F)(F)F)C(F)(F)F. The molecular formula is C15H6F17NO3. The van der Waals surface area contributed by atoms with Gasteiger partial charge in [-0.2, -0.15) is 74.6 Å². The summed E-state index contributed by atoms with van der Waals surface area (Å²) in [5.41, 5.74) is -0.893.